The van der Waals surface area contributed by atoms with Crippen LogP contribution in [0.2, 0.25) is 0 Å². The zero-order valence-corrected chi connectivity index (χ0v) is 17.3. The number of anilines is 1. The molecule has 2 fully saturated rings. The lowest BCUT2D eigenvalue weighted by Gasteiger charge is -2.29. The Kier molecular flexibility index (Phi) is 5.14. The summed E-state index contributed by atoms with van der Waals surface area (Å²) in [4.78, 5) is 6.60. The molecule has 6 nitrogen and oxygen atoms in total. The van der Waals surface area contributed by atoms with Gasteiger partial charge in [0.15, 0.2) is 5.11 Å². The Balaban J connectivity index is 1.59. The van der Waals surface area contributed by atoms with Crippen molar-refractivity contribution < 1.29 is 9.84 Å². The smallest absolute Gasteiger partial charge is 0.174 e. The maximum atomic E-state index is 10.6. The molecule has 4 heterocycles. The molecule has 0 radical (unpaired) electrons. The molecule has 2 aromatic heterocycles. The maximum Gasteiger partial charge on any atom is 0.174 e. The lowest BCUT2D eigenvalue weighted by Crippen LogP contribution is -2.31. The predicted molar refractivity (Wildman–Crippen MR) is 119 cm³/mol. The Bertz CT molecular complexity index is 1030. The van der Waals surface area contributed by atoms with Crippen LogP contribution in [0.3, 0.4) is 0 Å². The average Bonchev–Trinajstić information content (AvgIpc) is 3.50. The monoisotopic (exact) mass is 420 g/mol. The zero-order chi connectivity index (χ0) is 20.5. The number of rotatable bonds is 5. The van der Waals surface area contributed by atoms with Crippen molar-refractivity contribution in [3.05, 3.63) is 78.4 Å². The lowest BCUT2D eigenvalue weighted by molar-refractivity contribution is 0.0961. The van der Waals surface area contributed by atoms with E-state index < -0.39 is 0 Å². The SMILES string of the molecule is Oc1ccccc1N1C(=S)N[C@@H](c2ccccn2)[C@@H]1c1cccn1C[C@@H]1CCCO1. The summed E-state index contributed by atoms with van der Waals surface area (Å²) >= 11 is 5.74. The molecule has 3 atom stereocenters. The van der Waals surface area contributed by atoms with Crippen molar-refractivity contribution in [2.24, 2.45) is 0 Å². The fraction of sp³-hybridized carbons (Fsp3) is 0.304. The largest absolute Gasteiger partial charge is 0.506 e. The number of thiocarbonyl (C=S) groups is 1. The quantitative estimate of drug-likeness (QED) is 0.610. The van der Waals surface area contributed by atoms with Gasteiger partial charge in [-0.1, -0.05) is 18.2 Å². The highest BCUT2D eigenvalue weighted by Gasteiger charge is 2.43. The molecule has 3 aromatic rings. The van der Waals surface area contributed by atoms with Gasteiger partial charge in [0.2, 0.25) is 0 Å². The molecule has 1 aromatic carbocycles. The molecule has 0 amide bonds. The van der Waals surface area contributed by atoms with Crippen molar-refractivity contribution in [3.8, 4) is 5.75 Å². The van der Waals surface area contributed by atoms with Crippen LogP contribution in [0.5, 0.6) is 5.75 Å². The number of hydrogen-bond acceptors (Lipinski definition) is 4. The van der Waals surface area contributed by atoms with Crippen molar-refractivity contribution in [3.63, 3.8) is 0 Å². The second-order valence-corrected chi connectivity index (χ2v) is 8.09. The van der Waals surface area contributed by atoms with Gasteiger partial charge in [-0.2, -0.15) is 0 Å². The van der Waals surface area contributed by atoms with Gasteiger partial charge in [0.25, 0.3) is 0 Å². The second kappa shape index (κ2) is 8.08. The van der Waals surface area contributed by atoms with Gasteiger partial charge >= 0.3 is 0 Å². The molecule has 0 saturated carbocycles. The van der Waals surface area contributed by atoms with E-state index in [0.717, 1.165) is 37.4 Å². The fourth-order valence-corrected chi connectivity index (χ4v) is 4.79. The first kappa shape index (κ1) is 19.1. The number of hydrogen-bond donors (Lipinski definition) is 2. The highest BCUT2D eigenvalue weighted by molar-refractivity contribution is 7.80. The Labute approximate surface area is 181 Å². The van der Waals surface area contributed by atoms with E-state index in [2.05, 4.69) is 33.2 Å². The Morgan fingerprint density at radius 3 is 2.77 bits per heavy atom. The van der Waals surface area contributed by atoms with Crippen LogP contribution >= 0.6 is 12.2 Å². The van der Waals surface area contributed by atoms with Crippen molar-refractivity contribution in [2.75, 3.05) is 11.5 Å². The molecule has 0 aliphatic carbocycles. The van der Waals surface area contributed by atoms with E-state index in [4.69, 9.17) is 17.0 Å². The first-order valence-corrected chi connectivity index (χ1v) is 10.7. The highest BCUT2D eigenvalue weighted by Crippen LogP contribution is 2.44. The molecule has 0 spiro atoms. The first-order chi connectivity index (χ1) is 14.7. The minimum absolute atomic E-state index is 0.142. The molecular formula is C23H24N4O2S. The number of phenolic OH excluding ortho intramolecular Hbond substituents is 1. The Morgan fingerprint density at radius 1 is 1.13 bits per heavy atom. The molecule has 0 unspecified atom stereocenters. The molecule has 2 aliphatic heterocycles. The lowest BCUT2D eigenvalue weighted by atomic mass is 10.0. The normalized spacial score (nSPS) is 23.7. The molecule has 154 valence electrons. The van der Waals surface area contributed by atoms with E-state index in [9.17, 15) is 5.11 Å². The zero-order valence-electron chi connectivity index (χ0n) is 16.5. The van der Waals surface area contributed by atoms with Gasteiger partial charge in [0.1, 0.15) is 11.8 Å². The second-order valence-electron chi connectivity index (χ2n) is 7.71. The van der Waals surface area contributed by atoms with Crippen LogP contribution in [0.1, 0.15) is 36.3 Å². The van der Waals surface area contributed by atoms with Crippen LogP contribution in [-0.2, 0) is 11.3 Å². The average molecular weight is 421 g/mol. The number of aromatic hydroxyl groups is 1. The van der Waals surface area contributed by atoms with Gasteiger partial charge in [-0.05, 0) is 61.5 Å². The van der Waals surface area contributed by atoms with E-state index in [1.165, 1.54) is 0 Å². The standard InChI is InChI=1S/C23H24N4O2S/c28-20-11-2-1-9-18(20)27-22(21(25-23(27)30)17-8-3-4-12-24-17)19-10-5-13-26(19)15-16-7-6-14-29-16/h1-5,8-13,16,21-22,28H,6-7,14-15H2,(H,25,30)/t16-,21-,22-/m0/s1. The van der Waals surface area contributed by atoms with Gasteiger partial charge in [0.05, 0.1) is 23.5 Å². The van der Waals surface area contributed by atoms with Crippen LogP contribution in [0.4, 0.5) is 5.69 Å². The minimum atomic E-state index is -0.155. The van der Waals surface area contributed by atoms with Crippen LogP contribution in [0.15, 0.2) is 67.0 Å². The summed E-state index contributed by atoms with van der Waals surface area (Å²) in [5, 5.41) is 14.6. The highest BCUT2D eigenvalue weighted by atomic mass is 32.1. The summed E-state index contributed by atoms with van der Waals surface area (Å²) in [5.74, 6) is 0.200. The number of nitrogens with zero attached hydrogens (tertiary/aromatic N) is 3. The summed E-state index contributed by atoms with van der Waals surface area (Å²) in [6.45, 7) is 1.63. The molecular weight excluding hydrogens is 396 g/mol. The summed E-state index contributed by atoms with van der Waals surface area (Å²) in [5.41, 5.74) is 2.70. The maximum absolute atomic E-state index is 10.6. The molecule has 0 bridgehead atoms. The van der Waals surface area contributed by atoms with E-state index in [1.807, 2.05) is 41.3 Å². The summed E-state index contributed by atoms with van der Waals surface area (Å²) in [7, 11) is 0. The number of nitrogens with one attached hydrogen (secondary N) is 1. The fourth-order valence-electron chi connectivity index (χ4n) is 4.45. The number of para-hydroxylation sites is 2. The minimum Gasteiger partial charge on any atom is -0.506 e. The number of pyridine rings is 1. The van der Waals surface area contributed by atoms with Gasteiger partial charge < -0.3 is 24.6 Å². The van der Waals surface area contributed by atoms with Gasteiger partial charge in [-0.25, -0.2) is 0 Å². The van der Waals surface area contributed by atoms with Crippen LogP contribution in [0.25, 0.3) is 0 Å². The van der Waals surface area contributed by atoms with E-state index in [1.54, 1.807) is 12.3 Å². The number of aromatic nitrogens is 2. The predicted octanol–water partition coefficient (Wildman–Crippen LogP) is 3.94. The molecule has 7 heteroatoms. The third kappa shape index (κ3) is 3.44. The van der Waals surface area contributed by atoms with Crippen molar-refractivity contribution >= 4 is 23.0 Å². The van der Waals surface area contributed by atoms with Crippen LogP contribution in [-0.4, -0.2) is 32.5 Å². The molecule has 30 heavy (non-hydrogen) atoms. The summed E-state index contributed by atoms with van der Waals surface area (Å²) in [6, 6.07) is 17.1. The third-order valence-electron chi connectivity index (χ3n) is 5.83. The molecule has 5 rings (SSSR count). The molecule has 2 N–H and O–H groups in total. The van der Waals surface area contributed by atoms with Crippen molar-refractivity contribution in [1.29, 1.82) is 0 Å². The summed E-state index contributed by atoms with van der Waals surface area (Å²) < 4.78 is 8.13. The first-order valence-electron chi connectivity index (χ1n) is 10.3. The number of ether oxygens (including phenoxy) is 1. The van der Waals surface area contributed by atoms with Gasteiger partial charge in [0, 0.05) is 31.2 Å². The Morgan fingerprint density at radius 2 is 2.00 bits per heavy atom. The van der Waals surface area contributed by atoms with Gasteiger partial charge in [-0.3, -0.25) is 4.98 Å². The number of phenols is 1. The van der Waals surface area contributed by atoms with E-state index in [-0.39, 0.29) is 23.9 Å². The summed E-state index contributed by atoms with van der Waals surface area (Å²) in [6.07, 6.45) is 6.30. The van der Waals surface area contributed by atoms with Crippen molar-refractivity contribution in [1.82, 2.24) is 14.9 Å². The molecule has 2 saturated heterocycles. The van der Waals surface area contributed by atoms with Crippen molar-refractivity contribution in [2.45, 2.75) is 37.6 Å². The van der Waals surface area contributed by atoms with E-state index in [0.29, 0.717) is 10.8 Å². The van der Waals surface area contributed by atoms with Crippen LogP contribution < -0.4 is 10.2 Å². The third-order valence-corrected chi connectivity index (χ3v) is 6.15. The number of benzene rings is 1. The topological polar surface area (TPSA) is 62.5 Å². The van der Waals surface area contributed by atoms with Gasteiger partial charge in [-0.15, -0.1) is 0 Å². The Hall–Kier alpha value is -2.90. The van der Waals surface area contributed by atoms with E-state index >= 15 is 0 Å². The molecule has 2 aliphatic rings. The van der Waals surface area contributed by atoms with Crippen LogP contribution in [0, 0.1) is 0 Å².